The fourth-order valence-electron chi connectivity index (χ4n) is 0.999. The average molecular weight is 247 g/mol. The van der Waals surface area contributed by atoms with E-state index < -0.39 is 0 Å². The van der Waals surface area contributed by atoms with Crippen LogP contribution in [-0.4, -0.2) is 26.4 Å². The lowest BCUT2D eigenvalue weighted by molar-refractivity contribution is 0.196. The number of rotatable bonds is 4. The van der Waals surface area contributed by atoms with Gasteiger partial charge in [0.2, 0.25) is 0 Å². The summed E-state index contributed by atoms with van der Waals surface area (Å²) in [5.41, 5.74) is 0.871. The zero-order valence-electron chi connectivity index (χ0n) is 9.07. The minimum atomic E-state index is -0.324. The number of halogens is 1. The standard InChI is InChI=1S/C10H15ClN2OS/c1-6-4-9(11)13-10(12-6)5-15-8(3)7(2)14/h4,7-8,14H,5H2,1-3H3. The lowest BCUT2D eigenvalue weighted by atomic mass is 10.3. The first-order valence-corrected chi connectivity index (χ1v) is 6.21. The van der Waals surface area contributed by atoms with Crippen LogP contribution in [0.2, 0.25) is 5.15 Å². The summed E-state index contributed by atoms with van der Waals surface area (Å²) in [4.78, 5) is 8.38. The van der Waals surface area contributed by atoms with Crippen LogP contribution in [0, 0.1) is 6.92 Å². The molecule has 1 aromatic rings. The molecule has 5 heteroatoms. The van der Waals surface area contributed by atoms with Gasteiger partial charge in [0.15, 0.2) is 0 Å². The van der Waals surface area contributed by atoms with E-state index in [1.807, 2.05) is 13.8 Å². The molecule has 0 fully saturated rings. The van der Waals surface area contributed by atoms with Gasteiger partial charge < -0.3 is 5.11 Å². The Balaban J connectivity index is 2.57. The second kappa shape index (κ2) is 5.68. The summed E-state index contributed by atoms with van der Waals surface area (Å²) in [6, 6.07) is 1.73. The van der Waals surface area contributed by atoms with Gasteiger partial charge in [-0.25, -0.2) is 9.97 Å². The summed E-state index contributed by atoms with van der Waals surface area (Å²) >= 11 is 7.44. The van der Waals surface area contributed by atoms with Crippen molar-refractivity contribution in [1.29, 1.82) is 0 Å². The number of hydrogen-bond acceptors (Lipinski definition) is 4. The lowest BCUT2D eigenvalue weighted by Crippen LogP contribution is -2.15. The zero-order valence-corrected chi connectivity index (χ0v) is 10.6. The van der Waals surface area contributed by atoms with Crippen LogP contribution in [0.4, 0.5) is 0 Å². The molecule has 0 radical (unpaired) electrons. The number of aryl methyl sites for hydroxylation is 1. The van der Waals surface area contributed by atoms with Crippen molar-refractivity contribution in [3.05, 3.63) is 22.7 Å². The summed E-state index contributed by atoms with van der Waals surface area (Å²) in [6.45, 7) is 5.65. The van der Waals surface area contributed by atoms with Crippen molar-refractivity contribution in [1.82, 2.24) is 9.97 Å². The SMILES string of the molecule is Cc1cc(Cl)nc(CSC(C)C(C)O)n1. The van der Waals surface area contributed by atoms with E-state index in [4.69, 9.17) is 11.6 Å². The van der Waals surface area contributed by atoms with Crippen molar-refractivity contribution < 1.29 is 5.11 Å². The Morgan fingerprint density at radius 2 is 2.13 bits per heavy atom. The molecule has 1 aromatic heterocycles. The highest BCUT2D eigenvalue weighted by Gasteiger charge is 2.10. The third-order valence-corrected chi connectivity index (χ3v) is 3.56. The van der Waals surface area contributed by atoms with Gasteiger partial charge in [-0.1, -0.05) is 18.5 Å². The van der Waals surface area contributed by atoms with Crippen molar-refractivity contribution in [3.63, 3.8) is 0 Å². The molecule has 2 atom stereocenters. The van der Waals surface area contributed by atoms with Gasteiger partial charge in [-0.3, -0.25) is 0 Å². The Morgan fingerprint density at radius 3 is 2.67 bits per heavy atom. The van der Waals surface area contributed by atoms with Gasteiger partial charge in [-0.05, 0) is 19.9 Å². The smallest absolute Gasteiger partial charge is 0.140 e. The van der Waals surface area contributed by atoms with Crippen molar-refractivity contribution in [2.24, 2.45) is 0 Å². The molecule has 84 valence electrons. The molecule has 0 aromatic carbocycles. The molecule has 1 rings (SSSR count). The van der Waals surface area contributed by atoms with Crippen LogP contribution >= 0.6 is 23.4 Å². The van der Waals surface area contributed by atoms with Gasteiger partial charge >= 0.3 is 0 Å². The molecule has 1 heterocycles. The predicted molar refractivity (Wildman–Crippen MR) is 64.2 cm³/mol. The highest BCUT2D eigenvalue weighted by molar-refractivity contribution is 7.99. The normalized spacial score (nSPS) is 15.0. The number of aliphatic hydroxyl groups excluding tert-OH is 1. The molecule has 2 unspecified atom stereocenters. The number of thioether (sulfide) groups is 1. The van der Waals surface area contributed by atoms with Gasteiger partial charge in [-0.2, -0.15) is 0 Å². The molecule has 0 amide bonds. The molecule has 0 spiro atoms. The Labute approximate surface area is 99.3 Å². The quantitative estimate of drug-likeness (QED) is 0.829. The molecule has 0 aliphatic heterocycles. The maximum atomic E-state index is 9.32. The molecule has 15 heavy (non-hydrogen) atoms. The van der Waals surface area contributed by atoms with E-state index in [2.05, 4.69) is 9.97 Å². The minimum absolute atomic E-state index is 0.174. The highest BCUT2D eigenvalue weighted by Crippen LogP contribution is 2.19. The Kier molecular flexibility index (Phi) is 4.83. The molecule has 0 saturated carbocycles. The molecule has 0 saturated heterocycles. The molecular weight excluding hydrogens is 232 g/mol. The molecule has 0 aliphatic rings. The van der Waals surface area contributed by atoms with E-state index in [0.29, 0.717) is 10.9 Å². The summed E-state index contributed by atoms with van der Waals surface area (Å²) in [6.07, 6.45) is -0.324. The second-order valence-electron chi connectivity index (χ2n) is 3.51. The topological polar surface area (TPSA) is 46.0 Å². The average Bonchev–Trinajstić information content (AvgIpc) is 2.12. The number of hydrogen-bond donors (Lipinski definition) is 1. The van der Waals surface area contributed by atoms with Crippen LogP contribution in [-0.2, 0) is 5.75 Å². The van der Waals surface area contributed by atoms with E-state index >= 15 is 0 Å². The van der Waals surface area contributed by atoms with Crippen LogP contribution in [0.3, 0.4) is 0 Å². The van der Waals surface area contributed by atoms with Crippen LogP contribution in [0.5, 0.6) is 0 Å². The molecule has 3 nitrogen and oxygen atoms in total. The van der Waals surface area contributed by atoms with E-state index in [1.165, 1.54) is 0 Å². The first-order valence-electron chi connectivity index (χ1n) is 4.78. The third kappa shape index (κ3) is 4.36. The Bertz CT molecular complexity index is 313. The Hall–Kier alpha value is -0.320. The fourth-order valence-corrected chi connectivity index (χ4v) is 2.07. The van der Waals surface area contributed by atoms with Crippen molar-refractivity contribution in [3.8, 4) is 0 Å². The summed E-state index contributed by atoms with van der Waals surface area (Å²) < 4.78 is 0. The zero-order chi connectivity index (χ0) is 11.4. The first-order chi connectivity index (χ1) is 6.99. The van der Waals surface area contributed by atoms with Gasteiger partial charge in [0, 0.05) is 10.9 Å². The monoisotopic (exact) mass is 246 g/mol. The highest BCUT2D eigenvalue weighted by atomic mass is 35.5. The van der Waals surface area contributed by atoms with Gasteiger partial charge in [0.1, 0.15) is 11.0 Å². The first kappa shape index (κ1) is 12.7. The second-order valence-corrected chi connectivity index (χ2v) is 5.26. The van der Waals surface area contributed by atoms with E-state index in [1.54, 1.807) is 24.8 Å². The largest absolute Gasteiger partial charge is 0.392 e. The van der Waals surface area contributed by atoms with Gasteiger partial charge in [-0.15, -0.1) is 11.8 Å². The van der Waals surface area contributed by atoms with Crippen LogP contribution in [0.15, 0.2) is 6.07 Å². The van der Waals surface area contributed by atoms with Crippen molar-refractivity contribution in [2.75, 3.05) is 0 Å². The number of aliphatic hydroxyl groups is 1. The number of aromatic nitrogens is 2. The van der Waals surface area contributed by atoms with Crippen LogP contribution in [0.1, 0.15) is 25.4 Å². The van der Waals surface area contributed by atoms with Crippen molar-refractivity contribution in [2.45, 2.75) is 37.9 Å². The van der Waals surface area contributed by atoms with Gasteiger partial charge in [0.25, 0.3) is 0 Å². The molecular formula is C10H15ClN2OS. The van der Waals surface area contributed by atoms with Crippen LogP contribution in [0.25, 0.3) is 0 Å². The molecule has 1 N–H and O–H groups in total. The number of nitrogens with zero attached hydrogens (tertiary/aromatic N) is 2. The summed E-state index contributed by atoms with van der Waals surface area (Å²) in [5.74, 6) is 1.39. The van der Waals surface area contributed by atoms with Crippen LogP contribution < -0.4 is 0 Å². The van der Waals surface area contributed by atoms with E-state index in [0.717, 1.165) is 11.5 Å². The lowest BCUT2D eigenvalue weighted by Gasteiger charge is -2.13. The minimum Gasteiger partial charge on any atom is -0.392 e. The third-order valence-electron chi connectivity index (χ3n) is 2.02. The maximum absolute atomic E-state index is 9.32. The Morgan fingerprint density at radius 1 is 1.47 bits per heavy atom. The summed E-state index contributed by atoms with van der Waals surface area (Å²) in [7, 11) is 0. The van der Waals surface area contributed by atoms with E-state index in [9.17, 15) is 5.11 Å². The fraction of sp³-hybridized carbons (Fsp3) is 0.600. The predicted octanol–water partition coefficient (Wildman–Crippen LogP) is 2.44. The maximum Gasteiger partial charge on any atom is 0.140 e. The molecule has 0 bridgehead atoms. The molecule has 0 aliphatic carbocycles. The van der Waals surface area contributed by atoms with Gasteiger partial charge in [0.05, 0.1) is 11.9 Å². The van der Waals surface area contributed by atoms with Crippen molar-refractivity contribution >= 4 is 23.4 Å². The summed E-state index contributed by atoms with van der Waals surface area (Å²) in [5, 5.41) is 9.97. The van der Waals surface area contributed by atoms with E-state index in [-0.39, 0.29) is 11.4 Å².